The molecule has 0 unspecified atom stereocenters. The molecule has 26 heavy (non-hydrogen) atoms. The van der Waals surface area contributed by atoms with Crippen LogP contribution in [0.2, 0.25) is 0 Å². The molecular weight excluding hydrogens is 336 g/mol. The van der Waals surface area contributed by atoms with Crippen molar-refractivity contribution in [2.75, 3.05) is 14.2 Å². The van der Waals surface area contributed by atoms with Gasteiger partial charge < -0.3 is 14.6 Å². The molecule has 0 spiro atoms. The largest absolute Gasteiger partial charge is 0.469 e. The van der Waals surface area contributed by atoms with Gasteiger partial charge in [-0.2, -0.15) is 0 Å². The quantitative estimate of drug-likeness (QED) is 0.652. The van der Waals surface area contributed by atoms with E-state index in [1.165, 1.54) is 21.1 Å². The minimum Gasteiger partial charge on any atom is -0.469 e. The Hall–Kier alpha value is -2.21. The van der Waals surface area contributed by atoms with Crippen LogP contribution in [0.3, 0.4) is 0 Å². The zero-order valence-corrected chi connectivity index (χ0v) is 15.8. The van der Waals surface area contributed by atoms with Crippen molar-refractivity contribution < 1.29 is 29.0 Å². The first kappa shape index (κ1) is 20.1. The van der Waals surface area contributed by atoms with Gasteiger partial charge in [0.15, 0.2) is 5.78 Å². The smallest absolute Gasteiger partial charge is 0.316 e. The van der Waals surface area contributed by atoms with E-state index in [4.69, 9.17) is 9.47 Å². The van der Waals surface area contributed by atoms with Crippen LogP contribution in [0.25, 0.3) is 0 Å². The zero-order chi connectivity index (χ0) is 19.6. The first-order valence-electron chi connectivity index (χ1n) is 8.64. The van der Waals surface area contributed by atoms with Gasteiger partial charge in [-0.3, -0.25) is 14.4 Å². The molecule has 0 radical (unpaired) electrons. The normalized spacial score (nSPS) is 28.7. The van der Waals surface area contributed by atoms with Crippen molar-refractivity contribution in [1.82, 2.24) is 0 Å². The molecule has 142 valence electrons. The predicted molar refractivity (Wildman–Crippen MR) is 94.5 cm³/mol. The highest BCUT2D eigenvalue weighted by molar-refractivity contribution is 6.02. The number of aliphatic hydroxyl groups is 1. The number of hydrogen-bond acceptors (Lipinski definition) is 6. The number of ketones is 1. The number of ether oxygens (including phenoxy) is 2. The molecule has 0 aromatic heterocycles. The maximum Gasteiger partial charge on any atom is 0.316 e. The van der Waals surface area contributed by atoms with Gasteiger partial charge in [0.2, 0.25) is 0 Å². The molecule has 0 aliphatic heterocycles. The Morgan fingerprint density at radius 3 is 2.12 bits per heavy atom. The second-order valence-electron chi connectivity index (χ2n) is 7.35. The average molecular weight is 362 g/mol. The summed E-state index contributed by atoms with van der Waals surface area (Å²) in [6.07, 6.45) is -0.312. The van der Waals surface area contributed by atoms with E-state index in [1.54, 1.807) is 12.1 Å². The second kappa shape index (κ2) is 7.58. The van der Waals surface area contributed by atoms with E-state index >= 15 is 0 Å². The lowest BCUT2D eigenvalue weighted by atomic mass is 9.61. The molecule has 1 aliphatic carbocycles. The molecule has 6 heteroatoms. The number of esters is 2. The molecule has 4 atom stereocenters. The van der Waals surface area contributed by atoms with E-state index in [0.29, 0.717) is 11.5 Å². The van der Waals surface area contributed by atoms with Gasteiger partial charge in [-0.05, 0) is 24.0 Å². The van der Waals surface area contributed by atoms with Crippen LogP contribution in [-0.4, -0.2) is 42.6 Å². The standard InChI is InChI=1S/C20H26O6/c1-11(2)12-6-8-13(9-7-12)15-16(18(22)25-4)14(21)10-20(3,24)17(15)19(23)26-5/h6-9,11,15-17,24H,10H2,1-5H3/t15-,16-,17-,20+/m1/s1. The number of hydrogen-bond donors (Lipinski definition) is 1. The lowest BCUT2D eigenvalue weighted by Gasteiger charge is -2.43. The molecule has 2 rings (SSSR count). The van der Waals surface area contributed by atoms with Crippen molar-refractivity contribution in [3.05, 3.63) is 35.4 Å². The van der Waals surface area contributed by atoms with E-state index in [1.807, 2.05) is 12.1 Å². The predicted octanol–water partition coefficient (Wildman–Crippen LogP) is 2.20. The van der Waals surface area contributed by atoms with Gasteiger partial charge in [0.05, 0.1) is 25.7 Å². The Kier molecular flexibility index (Phi) is 5.86. The van der Waals surface area contributed by atoms with E-state index in [-0.39, 0.29) is 6.42 Å². The minimum absolute atomic E-state index is 0.312. The third-order valence-corrected chi connectivity index (χ3v) is 5.17. The molecule has 0 bridgehead atoms. The van der Waals surface area contributed by atoms with E-state index < -0.39 is 41.1 Å². The van der Waals surface area contributed by atoms with Gasteiger partial charge in [0, 0.05) is 12.3 Å². The Morgan fingerprint density at radius 2 is 1.65 bits per heavy atom. The van der Waals surface area contributed by atoms with Gasteiger partial charge in [0.1, 0.15) is 5.92 Å². The van der Waals surface area contributed by atoms with Crippen molar-refractivity contribution in [3.8, 4) is 0 Å². The Bertz CT molecular complexity index is 689. The van der Waals surface area contributed by atoms with Gasteiger partial charge in [-0.25, -0.2) is 0 Å². The third kappa shape index (κ3) is 3.65. The van der Waals surface area contributed by atoms with Crippen molar-refractivity contribution in [1.29, 1.82) is 0 Å². The van der Waals surface area contributed by atoms with Gasteiger partial charge in [-0.1, -0.05) is 38.1 Å². The molecule has 0 heterocycles. The zero-order valence-electron chi connectivity index (χ0n) is 15.8. The van der Waals surface area contributed by atoms with Crippen LogP contribution in [0.1, 0.15) is 50.2 Å². The van der Waals surface area contributed by atoms with Crippen LogP contribution < -0.4 is 0 Å². The number of methoxy groups -OCH3 is 2. The summed E-state index contributed by atoms with van der Waals surface area (Å²) in [5, 5.41) is 10.8. The summed E-state index contributed by atoms with van der Waals surface area (Å²) >= 11 is 0. The second-order valence-corrected chi connectivity index (χ2v) is 7.35. The summed E-state index contributed by atoms with van der Waals surface area (Å²) in [4.78, 5) is 37.4. The molecule has 6 nitrogen and oxygen atoms in total. The van der Waals surface area contributed by atoms with Crippen LogP contribution >= 0.6 is 0 Å². The van der Waals surface area contributed by atoms with Crippen LogP contribution in [0, 0.1) is 11.8 Å². The highest BCUT2D eigenvalue weighted by atomic mass is 16.5. The number of benzene rings is 1. The van der Waals surface area contributed by atoms with Crippen LogP contribution in [0.15, 0.2) is 24.3 Å². The van der Waals surface area contributed by atoms with E-state index in [0.717, 1.165) is 5.56 Å². The SMILES string of the molecule is COC(=O)[C@@H]1C(=O)C[C@](C)(O)[C@@H](C(=O)OC)[C@@H]1c1ccc(C(C)C)cc1. The van der Waals surface area contributed by atoms with Gasteiger partial charge >= 0.3 is 11.9 Å². The van der Waals surface area contributed by atoms with Gasteiger partial charge in [0.25, 0.3) is 0 Å². The topological polar surface area (TPSA) is 89.9 Å². The fourth-order valence-corrected chi connectivity index (χ4v) is 3.77. The first-order chi connectivity index (χ1) is 12.1. The molecule has 1 N–H and O–H groups in total. The summed E-state index contributed by atoms with van der Waals surface area (Å²) in [6.45, 7) is 5.53. The molecule has 0 saturated heterocycles. The fourth-order valence-electron chi connectivity index (χ4n) is 3.77. The average Bonchev–Trinajstić information content (AvgIpc) is 2.59. The van der Waals surface area contributed by atoms with Crippen LogP contribution in [0.5, 0.6) is 0 Å². The van der Waals surface area contributed by atoms with Gasteiger partial charge in [-0.15, -0.1) is 0 Å². The lowest BCUT2D eigenvalue weighted by molar-refractivity contribution is -0.170. The highest BCUT2D eigenvalue weighted by Gasteiger charge is 2.56. The summed E-state index contributed by atoms with van der Waals surface area (Å²) < 4.78 is 9.68. The summed E-state index contributed by atoms with van der Waals surface area (Å²) in [5.74, 6) is -4.57. The van der Waals surface area contributed by atoms with Crippen molar-refractivity contribution in [3.63, 3.8) is 0 Å². The lowest BCUT2D eigenvalue weighted by Crippen LogP contribution is -2.55. The maximum absolute atomic E-state index is 12.6. The monoisotopic (exact) mass is 362 g/mol. The molecule has 1 aromatic rings. The number of carbonyl (C=O) groups is 3. The fraction of sp³-hybridized carbons (Fsp3) is 0.550. The van der Waals surface area contributed by atoms with Crippen LogP contribution in [0.4, 0.5) is 0 Å². The Labute approximate surface area is 153 Å². The Balaban J connectivity index is 2.61. The van der Waals surface area contributed by atoms with Crippen molar-refractivity contribution >= 4 is 17.7 Å². The van der Waals surface area contributed by atoms with Crippen molar-refractivity contribution in [2.24, 2.45) is 11.8 Å². The number of carbonyl (C=O) groups excluding carboxylic acids is 3. The van der Waals surface area contributed by atoms with E-state index in [9.17, 15) is 19.5 Å². The molecular formula is C20H26O6. The minimum atomic E-state index is -1.61. The summed E-state index contributed by atoms with van der Waals surface area (Å²) in [5.41, 5.74) is 0.0937. The first-order valence-corrected chi connectivity index (χ1v) is 8.64. The summed E-state index contributed by atoms with van der Waals surface area (Å²) in [6, 6.07) is 7.38. The van der Waals surface area contributed by atoms with Crippen LogP contribution in [-0.2, 0) is 23.9 Å². The maximum atomic E-state index is 12.6. The Morgan fingerprint density at radius 1 is 1.12 bits per heavy atom. The summed E-state index contributed by atoms with van der Waals surface area (Å²) in [7, 11) is 2.43. The van der Waals surface area contributed by atoms with Crippen molar-refractivity contribution in [2.45, 2.75) is 44.6 Å². The van der Waals surface area contributed by atoms with E-state index in [2.05, 4.69) is 13.8 Å². The molecule has 1 aliphatic rings. The molecule has 1 fully saturated rings. The third-order valence-electron chi connectivity index (χ3n) is 5.17. The highest BCUT2D eigenvalue weighted by Crippen LogP contribution is 2.46. The number of Topliss-reactive ketones (excluding diaryl/α,β-unsaturated/α-hetero) is 1. The molecule has 1 saturated carbocycles. The number of rotatable bonds is 4. The molecule has 1 aromatic carbocycles. The molecule has 0 amide bonds.